The van der Waals surface area contributed by atoms with Gasteiger partial charge in [-0.2, -0.15) is 0 Å². The molecule has 0 bridgehead atoms. The van der Waals surface area contributed by atoms with E-state index in [9.17, 15) is 10.2 Å². The third kappa shape index (κ3) is 2.63. The van der Waals surface area contributed by atoms with Crippen molar-refractivity contribution in [2.45, 2.75) is 38.3 Å². The lowest BCUT2D eigenvalue weighted by Crippen LogP contribution is -2.35. The summed E-state index contributed by atoms with van der Waals surface area (Å²) in [6.45, 7) is 6.26. The van der Waals surface area contributed by atoms with Crippen LogP contribution in [0.25, 0.3) is 0 Å². The molecule has 2 saturated heterocycles. The van der Waals surface area contributed by atoms with E-state index >= 15 is 0 Å². The van der Waals surface area contributed by atoms with Gasteiger partial charge in [-0.3, -0.25) is 4.90 Å². The first-order valence-electron chi connectivity index (χ1n) is 7.65. The van der Waals surface area contributed by atoms with Gasteiger partial charge in [0, 0.05) is 36.4 Å². The molecule has 0 spiro atoms. The summed E-state index contributed by atoms with van der Waals surface area (Å²) in [4.78, 5) is 4.94. The van der Waals surface area contributed by atoms with Crippen LogP contribution in [0.1, 0.15) is 37.9 Å². The number of aliphatic hydroxyl groups excluding tert-OH is 1. The predicted molar refractivity (Wildman–Crippen MR) is 80.2 cm³/mol. The quantitative estimate of drug-likeness (QED) is 0.888. The fourth-order valence-corrected chi connectivity index (χ4v) is 3.46. The van der Waals surface area contributed by atoms with Crippen LogP contribution >= 0.6 is 0 Å². The molecule has 2 aliphatic rings. The highest BCUT2D eigenvalue weighted by Crippen LogP contribution is 2.31. The van der Waals surface area contributed by atoms with E-state index in [1.165, 1.54) is 32.4 Å². The molecule has 4 nitrogen and oxygen atoms in total. The summed E-state index contributed by atoms with van der Waals surface area (Å²) >= 11 is 0. The average molecular weight is 276 g/mol. The zero-order valence-corrected chi connectivity index (χ0v) is 12.1. The highest BCUT2D eigenvalue weighted by molar-refractivity contribution is 5.54. The van der Waals surface area contributed by atoms with Crippen LogP contribution in [-0.4, -0.2) is 47.3 Å². The first-order valence-corrected chi connectivity index (χ1v) is 7.65. The lowest BCUT2D eigenvalue weighted by atomic mass is 10.1. The predicted octanol–water partition coefficient (Wildman–Crippen LogP) is 2.12. The normalized spacial score (nSPS) is 25.3. The molecule has 1 aromatic rings. The maximum atomic E-state index is 10.0. The molecular formula is C16H24N2O2. The van der Waals surface area contributed by atoms with Gasteiger partial charge in [-0.15, -0.1) is 0 Å². The Morgan fingerprint density at radius 1 is 1.20 bits per heavy atom. The molecule has 0 radical (unpaired) electrons. The number of likely N-dealkylation sites (tertiary alicyclic amines) is 1. The maximum absolute atomic E-state index is 10.0. The van der Waals surface area contributed by atoms with Crippen LogP contribution in [0.5, 0.6) is 5.75 Å². The van der Waals surface area contributed by atoms with E-state index in [2.05, 4.69) is 9.80 Å². The number of aliphatic hydroxyl groups is 1. The fraction of sp³-hybridized carbons (Fsp3) is 0.625. The van der Waals surface area contributed by atoms with Crippen molar-refractivity contribution >= 4 is 5.69 Å². The second kappa shape index (κ2) is 5.62. The van der Waals surface area contributed by atoms with Gasteiger partial charge in [0.1, 0.15) is 5.75 Å². The standard InChI is InChI=1S/C16H24N2O2/c1-12(19)15-5-4-13(10-16(15)20)18-9-6-14(11-18)17-7-2-3-8-17/h4-5,10,12,14,19-20H,2-3,6-9,11H2,1H3. The Morgan fingerprint density at radius 3 is 2.60 bits per heavy atom. The Bertz CT molecular complexity index is 470. The molecular weight excluding hydrogens is 252 g/mol. The SMILES string of the molecule is CC(O)c1ccc(N2CCC(N3CCCC3)C2)cc1O. The Balaban J connectivity index is 1.69. The summed E-state index contributed by atoms with van der Waals surface area (Å²) in [6, 6.07) is 6.29. The molecule has 2 aliphatic heterocycles. The van der Waals surface area contributed by atoms with Crippen LogP contribution in [0.4, 0.5) is 5.69 Å². The molecule has 1 aromatic carbocycles. The number of phenols is 1. The Labute approximate surface area is 120 Å². The number of rotatable bonds is 3. The molecule has 4 heteroatoms. The van der Waals surface area contributed by atoms with Gasteiger partial charge in [-0.25, -0.2) is 0 Å². The number of nitrogens with zero attached hydrogens (tertiary/aromatic N) is 2. The van der Waals surface area contributed by atoms with Crippen molar-refractivity contribution < 1.29 is 10.2 Å². The minimum Gasteiger partial charge on any atom is -0.507 e. The van der Waals surface area contributed by atoms with Gasteiger partial charge in [-0.05, 0) is 45.3 Å². The average Bonchev–Trinajstić information content (AvgIpc) is 3.09. The van der Waals surface area contributed by atoms with E-state index in [4.69, 9.17) is 0 Å². The number of aromatic hydroxyl groups is 1. The van der Waals surface area contributed by atoms with Gasteiger partial charge in [-0.1, -0.05) is 6.07 Å². The Kier molecular flexibility index (Phi) is 3.85. The number of phenolic OH excluding ortho intramolecular Hbond substituents is 1. The summed E-state index contributed by atoms with van der Waals surface area (Å²) in [7, 11) is 0. The van der Waals surface area contributed by atoms with Crippen molar-refractivity contribution in [1.29, 1.82) is 0 Å². The minimum atomic E-state index is -0.625. The van der Waals surface area contributed by atoms with E-state index in [0.717, 1.165) is 18.8 Å². The number of anilines is 1. The molecule has 2 fully saturated rings. The van der Waals surface area contributed by atoms with Crippen molar-refractivity contribution in [2.24, 2.45) is 0 Å². The van der Waals surface area contributed by atoms with Crippen LogP contribution < -0.4 is 4.90 Å². The number of benzene rings is 1. The van der Waals surface area contributed by atoms with Crippen LogP contribution in [0.15, 0.2) is 18.2 Å². The second-order valence-electron chi connectivity index (χ2n) is 6.05. The van der Waals surface area contributed by atoms with Crippen molar-refractivity contribution in [1.82, 2.24) is 4.90 Å². The van der Waals surface area contributed by atoms with Crippen molar-refractivity contribution in [2.75, 3.05) is 31.1 Å². The Hall–Kier alpha value is -1.26. The third-order valence-corrected chi connectivity index (χ3v) is 4.65. The van der Waals surface area contributed by atoms with Crippen molar-refractivity contribution in [3.63, 3.8) is 0 Å². The van der Waals surface area contributed by atoms with Gasteiger partial charge < -0.3 is 15.1 Å². The van der Waals surface area contributed by atoms with Gasteiger partial charge in [0.05, 0.1) is 6.10 Å². The van der Waals surface area contributed by atoms with Gasteiger partial charge in [0.25, 0.3) is 0 Å². The van der Waals surface area contributed by atoms with Crippen molar-refractivity contribution in [3.8, 4) is 5.75 Å². The molecule has 3 rings (SSSR count). The van der Waals surface area contributed by atoms with E-state index in [-0.39, 0.29) is 5.75 Å². The highest BCUT2D eigenvalue weighted by atomic mass is 16.3. The summed E-state index contributed by atoms with van der Waals surface area (Å²) in [6.07, 6.45) is 3.25. The van der Waals surface area contributed by atoms with E-state index in [0.29, 0.717) is 11.6 Å². The van der Waals surface area contributed by atoms with Crippen LogP contribution in [0.3, 0.4) is 0 Å². The van der Waals surface area contributed by atoms with E-state index in [1.54, 1.807) is 13.0 Å². The third-order valence-electron chi connectivity index (χ3n) is 4.65. The zero-order chi connectivity index (χ0) is 14.1. The van der Waals surface area contributed by atoms with Crippen molar-refractivity contribution in [3.05, 3.63) is 23.8 Å². The Morgan fingerprint density at radius 2 is 1.95 bits per heavy atom. The molecule has 110 valence electrons. The fourth-order valence-electron chi connectivity index (χ4n) is 3.46. The first kappa shape index (κ1) is 13.7. The maximum Gasteiger partial charge on any atom is 0.123 e. The molecule has 2 unspecified atom stereocenters. The lowest BCUT2D eigenvalue weighted by Gasteiger charge is -2.24. The molecule has 20 heavy (non-hydrogen) atoms. The highest BCUT2D eigenvalue weighted by Gasteiger charge is 2.29. The van der Waals surface area contributed by atoms with Gasteiger partial charge in [0.15, 0.2) is 0 Å². The molecule has 2 atom stereocenters. The number of hydrogen-bond donors (Lipinski definition) is 2. The van der Waals surface area contributed by atoms with Crippen LogP contribution in [0.2, 0.25) is 0 Å². The topological polar surface area (TPSA) is 46.9 Å². The molecule has 0 amide bonds. The summed E-state index contributed by atoms with van der Waals surface area (Å²) in [5.41, 5.74) is 1.66. The van der Waals surface area contributed by atoms with E-state index < -0.39 is 6.10 Å². The summed E-state index contributed by atoms with van der Waals surface area (Å²) in [5, 5.41) is 19.6. The smallest absolute Gasteiger partial charge is 0.123 e. The lowest BCUT2D eigenvalue weighted by molar-refractivity contribution is 0.195. The first-order chi connectivity index (χ1) is 9.65. The molecule has 0 aromatic heterocycles. The molecule has 2 heterocycles. The molecule has 0 aliphatic carbocycles. The van der Waals surface area contributed by atoms with Crippen LogP contribution in [0, 0.1) is 0 Å². The van der Waals surface area contributed by atoms with Gasteiger partial charge >= 0.3 is 0 Å². The molecule has 2 N–H and O–H groups in total. The molecule has 0 saturated carbocycles. The minimum absolute atomic E-state index is 0.196. The summed E-state index contributed by atoms with van der Waals surface area (Å²) < 4.78 is 0. The largest absolute Gasteiger partial charge is 0.507 e. The number of hydrogen-bond acceptors (Lipinski definition) is 4. The second-order valence-corrected chi connectivity index (χ2v) is 6.05. The van der Waals surface area contributed by atoms with E-state index in [1.807, 2.05) is 12.1 Å². The zero-order valence-electron chi connectivity index (χ0n) is 12.1. The monoisotopic (exact) mass is 276 g/mol. The van der Waals surface area contributed by atoms with Gasteiger partial charge in [0.2, 0.25) is 0 Å². The van der Waals surface area contributed by atoms with Crippen LogP contribution in [-0.2, 0) is 0 Å². The summed E-state index contributed by atoms with van der Waals surface area (Å²) in [5.74, 6) is 0.196.